The molecule has 6 heteroatoms. The van der Waals surface area contributed by atoms with E-state index in [1.54, 1.807) is 18.2 Å². The van der Waals surface area contributed by atoms with Crippen molar-refractivity contribution in [1.29, 1.82) is 0 Å². The fourth-order valence-corrected chi connectivity index (χ4v) is 3.72. The molecule has 0 saturated heterocycles. The Bertz CT molecular complexity index is 486. The summed E-state index contributed by atoms with van der Waals surface area (Å²) in [6, 6.07) is 5.12. The molecule has 0 N–H and O–H groups in total. The lowest BCUT2D eigenvalue weighted by Gasteiger charge is -2.08. The van der Waals surface area contributed by atoms with Crippen LogP contribution in [-0.4, -0.2) is 14.2 Å². The van der Waals surface area contributed by atoms with Crippen molar-refractivity contribution in [3.05, 3.63) is 27.1 Å². The van der Waals surface area contributed by atoms with Crippen LogP contribution in [0.2, 0.25) is 0 Å². The van der Waals surface area contributed by atoms with E-state index in [1.807, 2.05) is 0 Å². The van der Waals surface area contributed by atoms with Crippen molar-refractivity contribution in [3.63, 3.8) is 0 Å². The fraction of sp³-hybridized carbons (Fsp3) is 0.500. The second-order valence-corrected chi connectivity index (χ2v) is 7.44. The lowest BCUT2D eigenvalue weighted by atomic mass is 10.2. The van der Waals surface area contributed by atoms with Gasteiger partial charge in [-0.1, -0.05) is 42.1 Å². The predicted molar refractivity (Wildman–Crippen MR) is 80.4 cm³/mol. The van der Waals surface area contributed by atoms with Crippen LogP contribution in [0.4, 0.5) is 0 Å². The Morgan fingerprint density at radius 3 is 2.50 bits per heavy atom. The Hall–Kier alpha value is -0.0700. The van der Waals surface area contributed by atoms with E-state index in [2.05, 4.69) is 38.8 Å². The highest BCUT2D eigenvalue weighted by molar-refractivity contribution is 9.11. The minimum absolute atomic E-state index is 0.0650. The summed E-state index contributed by atoms with van der Waals surface area (Å²) in [5.41, 5.74) is 0. The number of hydrogen-bond donors (Lipinski definition) is 0. The average molecular weight is 400 g/mol. The highest BCUT2D eigenvalue weighted by atomic mass is 79.9. The molecule has 1 aromatic carbocycles. The third kappa shape index (κ3) is 5.71. The van der Waals surface area contributed by atoms with Crippen LogP contribution in [-0.2, 0) is 10.1 Å². The molecule has 1 aromatic rings. The predicted octanol–water partition coefficient (Wildman–Crippen LogP) is 4.50. The van der Waals surface area contributed by atoms with Gasteiger partial charge in [0.25, 0.3) is 0 Å². The summed E-state index contributed by atoms with van der Waals surface area (Å²) in [4.78, 5) is 0. The minimum Gasteiger partial charge on any atom is -0.381 e. The normalized spacial score (nSPS) is 11.5. The molecule has 0 aliphatic rings. The van der Waals surface area contributed by atoms with E-state index in [4.69, 9.17) is 4.18 Å². The van der Waals surface area contributed by atoms with Crippen LogP contribution in [0, 0.1) is 0 Å². The van der Waals surface area contributed by atoms with Crippen molar-refractivity contribution in [2.24, 2.45) is 0 Å². The number of hydrogen-bond acceptors (Lipinski definition) is 3. The van der Waals surface area contributed by atoms with Gasteiger partial charge in [-0.05, 0) is 40.5 Å². The largest absolute Gasteiger partial charge is 0.381 e. The average Bonchev–Trinajstić information content (AvgIpc) is 2.28. The highest BCUT2D eigenvalue weighted by Gasteiger charge is 2.14. The maximum atomic E-state index is 11.7. The van der Waals surface area contributed by atoms with Crippen molar-refractivity contribution in [2.75, 3.05) is 5.75 Å². The molecule has 0 heterocycles. The first-order valence-electron chi connectivity index (χ1n) is 5.82. The molecule has 18 heavy (non-hydrogen) atoms. The monoisotopic (exact) mass is 398 g/mol. The summed E-state index contributed by atoms with van der Waals surface area (Å²) < 4.78 is 30.0. The Morgan fingerprint density at radius 2 is 1.89 bits per heavy atom. The van der Waals surface area contributed by atoms with E-state index in [-0.39, 0.29) is 5.75 Å². The maximum Gasteiger partial charge on any atom is 0.309 e. The van der Waals surface area contributed by atoms with E-state index in [0.717, 1.165) is 23.7 Å². The molecule has 0 saturated carbocycles. The summed E-state index contributed by atoms with van der Waals surface area (Å²) in [6.45, 7) is 2.09. The topological polar surface area (TPSA) is 43.4 Å². The van der Waals surface area contributed by atoms with Gasteiger partial charge in [0.15, 0.2) is 5.75 Å². The summed E-state index contributed by atoms with van der Waals surface area (Å²) in [5.74, 6) is 0.392. The first-order chi connectivity index (χ1) is 8.44. The molecular weight excluding hydrogens is 384 g/mol. The quantitative estimate of drug-likeness (QED) is 0.500. The van der Waals surface area contributed by atoms with E-state index in [0.29, 0.717) is 16.6 Å². The molecule has 102 valence electrons. The van der Waals surface area contributed by atoms with Gasteiger partial charge in [0, 0.05) is 4.47 Å². The Balaban J connectivity index is 2.59. The minimum atomic E-state index is -3.50. The lowest BCUT2D eigenvalue weighted by Crippen LogP contribution is -2.14. The summed E-state index contributed by atoms with van der Waals surface area (Å²) in [6.07, 6.45) is 3.70. The van der Waals surface area contributed by atoms with Gasteiger partial charge < -0.3 is 4.18 Å². The molecule has 0 bridgehead atoms. The number of rotatable bonds is 7. The molecule has 0 amide bonds. The van der Waals surface area contributed by atoms with E-state index < -0.39 is 10.1 Å². The van der Waals surface area contributed by atoms with Gasteiger partial charge >= 0.3 is 10.1 Å². The zero-order chi connectivity index (χ0) is 13.6. The molecule has 0 radical (unpaired) electrons. The third-order valence-electron chi connectivity index (χ3n) is 2.36. The molecule has 0 aromatic heterocycles. The van der Waals surface area contributed by atoms with Crippen molar-refractivity contribution < 1.29 is 12.6 Å². The van der Waals surface area contributed by atoms with Gasteiger partial charge in [-0.3, -0.25) is 0 Å². The van der Waals surface area contributed by atoms with E-state index in [1.165, 1.54) is 0 Å². The Labute approximate surface area is 125 Å². The molecular formula is C12H16Br2O3S. The van der Waals surface area contributed by atoms with Crippen molar-refractivity contribution in [1.82, 2.24) is 0 Å². The van der Waals surface area contributed by atoms with Crippen LogP contribution in [0.1, 0.15) is 32.6 Å². The van der Waals surface area contributed by atoms with Crippen LogP contribution in [0.15, 0.2) is 27.1 Å². The smallest absolute Gasteiger partial charge is 0.309 e. The van der Waals surface area contributed by atoms with Gasteiger partial charge in [-0.15, -0.1) is 0 Å². The molecule has 0 spiro atoms. The Morgan fingerprint density at radius 1 is 1.17 bits per heavy atom. The van der Waals surface area contributed by atoms with Crippen LogP contribution in [0.25, 0.3) is 0 Å². The molecule has 0 aliphatic heterocycles. The maximum absolute atomic E-state index is 11.7. The molecule has 3 nitrogen and oxygen atoms in total. The molecule has 1 rings (SSSR count). The number of halogens is 2. The SMILES string of the molecule is CCCCCCS(=O)(=O)Oc1ccc(Br)cc1Br. The van der Waals surface area contributed by atoms with Crippen LogP contribution >= 0.6 is 31.9 Å². The van der Waals surface area contributed by atoms with Gasteiger partial charge in [-0.25, -0.2) is 0 Å². The zero-order valence-electron chi connectivity index (χ0n) is 10.2. The van der Waals surface area contributed by atoms with Gasteiger partial charge in [0.2, 0.25) is 0 Å². The summed E-state index contributed by atoms with van der Waals surface area (Å²) in [7, 11) is -3.50. The Kier molecular flexibility index (Phi) is 6.66. The van der Waals surface area contributed by atoms with Crippen LogP contribution in [0.5, 0.6) is 5.75 Å². The second kappa shape index (κ2) is 7.50. The second-order valence-electron chi connectivity index (χ2n) is 3.98. The van der Waals surface area contributed by atoms with Gasteiger partial charge in [0.1, 0.15) is 0 Å². The molecule has 0 atom stereocenters. The van der Waals surface area contributed by atoms with Crippen molar-refractivity contribution in [2.45, 2.75) is 32.6 Å². The molecule has 0 fully saturated rings. The van der Waals surface area contributed by atoms with Gasteiger partial charge in [-0.2, -0.15) is 8.42 Å². The van der Waals surface area contributed by atoms with Crippen LogP contribution in [0.3, 0.4) is 0 Å². The standard InChI is InChI=1S/C12H16Br2O3S/c1-2-3-4-5-8-18(15,16)17-12-7-6-10(13)9-11(12)14/h6-7,9H,2-5,8H2,1H3. The summed E-state index contributed by atoms with van der Waals surface area (Å²) in [5, 5.41) is 0. The molecule has 0 unspecified atom stereocenters. The fourth-order valence-electron chi connectivity index (χ4n) is 1.43. The molecule has 0 aliphatic carbocycles. The van der Waals surface area contributed by atoms with Crippen molar-refractivity contribution in [3.8, 4) is 5.75 Å². The van der Waals surface area contributed by atoms with Crippen LogP contribution < -0.4 is 4.18 Å². The lowest BCUT2D eigenvalue weighted by molar-refractivity contribution is 0.481. The van der Waals surface area contributed by atoms with Gasteiger partial charge in [0.05, 0.1) is 10.2 Å². The first kappa shape index (κ1) is 16.0. The highest BCUT2D eigenvalue weighted by Crippen LogP contribution is 2.29. The van der Waals surface area contributed by atoms with Crippen molar-refractivity contribution >= 4 is 42.0 Å². The summed E-state index contributed by atoms with van der Waals surface area (Å²) >= 11 is 6.57. The first-order valence-corrected chi connectivity index (χ1v) is 8.98. The van der Waals surface area contributed by atoms with E-state index >= 15 is 0 Å². The number of unbranched alkanes of at least 4 members (excludes halogenated alkanes) is 3. The number of benzene rings is 1. The zero-order valence-corrected chi connectivity index (χ0v) is 14.1. The third-order valence-corrected chi connectivity index (χ3v) is 4.69. The van der Waals surface area contributed by atoms with E-state index in [9.17, 15) is 8.42 Å².